The SMILES string of the molecule is Cl.Nc1ncc(CN2CCCC2Cc2ccccc2)s1. The molecule has 2 heterocycles. The van der Waals surface area contributed by atoms with Crippen LogP contribution in [0, 0.1) is 0 Å². The van der Waals surface area contributed by atoms with Crippen molar-refractivity contribution in [2.75, 3.05) is 12.3 Å². The molecule has 1 saturated heterocycles. The van der Waals surface area contributed by atoms with E-state index in [-0.39, 0.29) is 12.4 Å². The number of benzene rings is 1. The second-order valence-electron chi connectivity index (χ2n) is 5.12. The van der Waals surface area contributed by atoms with Crippen LogP contribution >= 0.6 is 23.7 Å². The number of rotatable bonds is 4. The van der Waals surface area contributed by atoms with Crippen LogP contribution in [-0.2, 0) is 13.0 Å². The predicted molar refractivity (Wildman–Crippen MR) is 87.4 cm³/mol. The van der Waals surface area contributed by atoms with Crippen molar-refractivity contribution in [2.24, 2.45) is 0 Å². The Morgan fingerprint density at radius 3 is 2.80 bits per heavy atom. The van der Waals surface area contributed by atoms with Crippen LogP contribution in [0.2, 0.25) is 0 Å². The van der Waals surface area contributed by atoms with Gasteiger partial charge >= 0.3 is 0 Å². The van der Waals surface area contributed by atoms with Crippen LogP contribution in [0.5, 0.6) is 0 Å². The highest BCUT2D eigenvalue weighted by atomic mass is 35.5. The molecule has 0 bridgehead atoms. The summed E-state index contributed by atoms with van der Waals surface area (Å²) in [5.74, 6) is 0. The molecular weight excluding hydrogens is 290 g/mol. The summed E-state index contributed by atoms with van der Waals surface area (Å²) in [7, 11) is 0. The van der Waals surface area contributed by atoms with Crippen LogP contribution in [0.25, 0.3) is 0 Å². The Morgan fingerprint density at radius 1 is 1.30 bits per heavy atom. The Hall–Kier alpha value is -1.10. The van der Waals surface area contributed by atoms with Gasteiger partial charge in [0.05, 0.1) is 0 Å². The highest BCUT2D eigenvalue weighted by Crippen LogP contribution is 2.25. The third kappa shape index (κ3) is 3.72. The monoisotopic (exact) mass is 309 g/mol. The van der Waals surface area contributed by atoms with Crippen molar-refractivity contribution in [1.82, 2.24) is 9.88 Å². The first-order valence-electron chi connectivity index (χ1n) is 6.79. The van der Waals surface area contributed by atoms with Gasteiger partial charge in [-0.3, -0.25) is 4.90 Å². The molecule has 20 heavy (non-hydrogen) atoms. The molecule has 5 heteroatoms. The van der Waals surface area contributed by atoms with Crippen molar-refractivity contribution in [3.63, 3.8) is 0 Å². The average molecular weight is 310 g/mol. The molecule has 1 unspecified atom stereocenters. The van der Waals surface area contributed by atoms with Crippen molar-refractivity contribution in [1.29, 1.82) is 0 Å². The lowest BCUT2D eigenvalue weighted by Crippen LogP contribution is -2.30. The summed E-state index contributed by atoms with van der Waals surface area (Å²) >= 11 is 1.61. The summed E-state index contributed by atoms with van der Waals surface area (Å²) in [6.45, 7) is 2.18. The highest BCUT2D eigenvalue weighted by molar-refractivity contribution is 7.15. The predicted octanol–water partition coefficient (Wildman–Crippen LogP) is 3.35. The van der Waals surface area contributed by atoms with Gasteiger partial charge in [0.1, 0.15) is 0 Å². The number of nitrogens with zero attached hydrogens (tertiary/aromatic N) is 2. The first kappa shape index (κ1) is 15.3. The second kappa shape index (κ2) is 7.07. The van der Waals surface area contributed by atoms with E-state index in [1.807, 2.05) is 6.20 Å². The van der Waals surface area contributed by atoms with Gasteiger partial charge in [-0.2, -0.15) is 0 Å². The van der Waals surface area contributed by atoms with Crippen LogP contribution in [0.15, 0.2) is 36.5 Å². The van der Waals surface area contributed by atoms with E-state index in [0.717, 1.165) is 13.0 Å². The zero-order valence-electron chi connectivity index (χ0n) is 11.4. The molecule has 0 amide bonds. The number of hydrogen-bond donors (Lipinski definition) is 1. The van der Waals surface area contributed by atoms with Gasteiger partial charge in [-0.05, 0) is 31.4 Å². The molecule has 0 saturated carbocycles. The Bertz CT molecular complexity index is 529. The fraction of sp³-hybridized carbons (Fsp3) is 0.400. The maximum absolute atomic E-state index is 5.70. The fourth-order valence-electron chi connectivity index (χ4n) is 2.82. The average Bonchev–Trinajstić information content (AvgIpc) is 3.01. The van der Waals surface area contributed by atoms with Crippen molar-refractivity contribution < 1.29 is 0 Å². The molecule has 3 rings (SSSR count). The molecule has 3 nitrogen and oxygen atoms in total. The molecule has 1 atom stereocenters. The fourth-order valence-corrected chi connectivity index (χ4v) is 3.53. The quantitative estimate of drug-likeness (QED) is 0.941. The molecule has 2 N–H and O–H groups in total. The molecule has 1 aromatic heterocycles. The third-order valence-corrected chi connectivity index (χ3v) is 4.55. The largest absolute Gasteiger partial charge is 0.375 e. The lowest BCUT2D eigenvalue weighted by molar-refractivity contribution is 0.246. The van der Waals surface area contributed by atoms with Crippen molar-refractivity contribution >= 4 is 28.9 Å². The van der Waals surface area contributed by atoms with E-state index in [1.54, 1.807) is 11.3 Å². The maximum Gasteiger partial charge on any atom is 0.180 e. The molecule has 1 aromatic carbocycles. The molecule has 1 aliphatic rings. The molecular formula is C15H20ClN3S. The van der Waals surface area contributed by atoms with Crippen LogP contribution in [-0.4, -0.2) is 22.5 Å². The van der Waals surface area contributed by atoms with Gasteiger partial charge in [-0.1, -0.05) is 30.3 Å². The van der Waals surface area contributed by atoms with Gasteiger partial charge in [-0.25, -0.2) is 4.98 Å². The summed E-state index contributed by atoms with van der Waals surface area (Å²) in [5, 5.41) is 0.675. The normalized spacial score (nSPS) is 18.9. The van der Waals surface area contributed by atoms with Crippen molar-refractivity contribution in [3.8, 4) is 0 Å². The lowest BCUT2D eigenvalue weighted by atomic mass is 10.0. The van der Waals surface area contributed by atoms with Crippen molar-refractivity contribution in [2.45, 2.75) is 31.8 Å². The Kier molecular flexibility index (Phi) is 5.40. The molecule has 2 aromatic rings. The number of anilines is 1. The summed E-state index contributed by atoms with van der Waals surface area (Å²) < 4.78 is 0. The number of aromatic nitrogens is 1. The number of halogens is 1. The third-order valence-electron chi connectivity index (χ3n) is 3.74. The summed E-state index contributed by atoms with van der Waals surface area (Å²) in [4.78, 5) is 7.98. The zero-order valence-corrected chi connectivity index (χ0v) is 13.0. The Balaban J connectivity index is 0.00000147. The van der Waals surface area contributed by atoms with Gasteiger partial charge in [0.25, 0.3) is 0 Å². The molecule has 0 spiro atoms. The molecule has 0 radical (unpaired) electrons. The van der Waals surface area contributed by atoms with E-state index in [0.29, 0.717) is 11.2 Å². The van der Waals surface area contributed by atoms with Gasteiger partial charge in [0.2, 0.25) is 0 Å². The van der Waals surface area contributed by atoms with E-state index in [4.69, 9.17) is 5.73 Å². The molecule has 0 aliphatic carbocycles. The zero-order chi connectivity index (χ0) is 13.1. The van der Waals surface area contributed by atoms with Gasteiger partial charge in [-0.15, -0.1) is 23.7 Å². The van der Waals surface area contributed by atoms with E-state index in [9.17, 15) is 0 Å². The topological polar surface area (TPSA) is 42.1 Å². The standard InChI is InChI=1S/C15H19N3S.ClH/c16-15-17-10-14(19-15)11-18-8-4-7-13(18)9-12-5-2-1-3-6-12;/h1-3,5-6,10,13H,4,7-9,11H2,(H2,16,17);1H. The number of nitrogens with two attached hydrogens (primary N) is 1. The molecule has 108 valence electrons. The first-order chi connectivity index (χ1) is 9.31. The van der Waals surface area contributed by atoms with Crippen LogP contribution in [0.1, 0.15) is 23.3 Å². The van der Waals surface area contributed by atoms with Gasteiger partial charge in [0, 0.05) is 23.7 Å². The minimum Gasteiger partial charge on any atom is -0.375 e. The van der Waals surface area contributed by atoms with Gasteiger partial charge in [0.15, 0.2) is 5.13 Å². The molecule has 1 fully saturated rings. The number of hydrogen-bond acceptors (Lipinski definition) is 4. The number of likely N-dealkylation sites (tertiary alicyclic amines) is 1. The highest BCUT2D eigenvalue weighted by Gasteiger charge is 2.25. The Labute approximate surface area is 130 Å². The Morgan fingerprint density at radius 2 is 2.10 bits per heavy atom. The van der Waals surface area contributed by atoms with E-state index >= 15 is 0 Å². The summed E-state index contributed by atoms with van der Waals surface area (Å²) in [6.07, 6.45) is 5.65. The van der Waals surface area contributed by atoms with E-state index < -0.39 is 0 Å². The van der Waals surface area contributed by atoms with Crippen LogP contribution in [0.4, 0.5) is 5.13 Å². The van der Waals surface area contributed by atoms with Crippen molar-refractivity contribution in [3.05, 3.63) is 47.0 Å². The summed E-state index contributed by atoms with van der Waals surface area (Å²) in [5.41, 5.74) is 7.13. The maximum atomic E-state index is 5.70. The minimum atomic E-state index is 0. The first-order valence-corrected chi connectivity index (χ1v) is 7.61. The van der Waals surface area contributed by atoms with Crippen LogP contribution in [0.3, 0.4) is 0 Å². The second-order valence-corrected chi connectivity index (χ2v) is 6.27. The van der Waals surface area contributed by atoms with Crippen LogP contribution < -0.4 is 5.73 Å². The minimum absolute atomic E-state index is 0. The number of nitrogen functional groups attached to an aromatic ring is 1. The lowest BCUT2D eigenvalue weighted by Gasteiger charge is -2.23. The summed E-state index contributed by atoms with van der Waals surface area (Å²) in [6, 6.07) is 11.4. The van der Waals surface area contributed by atoms with Gasteiger partial charge < -0.3 is 5.73 Å². The molecule has 1 aliphatic heterocycles. The van der Waals surface area contributed by atoms with E-state index in [2.05, 4.69) is 40.2 Å². The number of thiazole rings is 1. The smallest absolute Gasteiger partial charge is 0.180 e. The van der Waals surface area contributed by atoms with E-state index in [1.165, 1.54) is 29.8 Å².